The van der Waals surface area contributed by atoms with Crippen molar-refractivity contribution >= 4 is 5.91 Å². The van der Waals surface area contributed by atoms with Crippen molar-refractivity contribution in [3.8, 4) is 11.8 Å². The maximum absolute atomic E-state index is 12.3. The molecule has 4 heteroatoms. The second-order valence-corrected chi connectivity index (χ2v) is 6.28. The normalized spacial score (nSPS) is 25.8. The highest BCUT2D eigenvalue weighted by Crippen LogP contribution is 2.29. The number of rotatable bonds is 4. The summed E-state index contributed by atoms with van der Waals surface area (Å²) in [6.45, 7) is 6.19. The lowest BCUT2D eigenvalue weighted by molar-refractivity contribution is -0.128. The summed E-state index contributed by atoms with van der Waals surface area (Å²) in [5, 5.41) is 12.0. The Labute approximate surface area is 132 Å². The molecule has 1 fully saturated rings. The van der Waals surface area contributed by atoms with Gasteiger partial charge in [0.05, 0.1) is 11.6 Å². The molecule has 0 unspecified atom stereocenters. The highest BCUT2D eigenvalue weighted by molar-refractivity contribution is 5.81. The number of ether oxygens (including phenoxy) is 1. The summed E-state index contributed by atoms with van der Waals surface area (Å²) in [4.78, 5) is 12.3. The number of carbonyl (C=O) groups is 1. The zero-order chi connectivity index (χ0) is 16.1. The van der Waals surface area contributed by atoms with E-state index >= 15 is 0 Å². The number of amides is 1. The summed E-state index contributed by atoms with van der Waals surface area (Å²) < 4.78 is 5.66. The largest absolute Gasteiger partial charge is 0.481 e. The molecule has 22 heavy (non-hydrogen) atoms. The third-order valence-electron chi connectivity index (χ3n) is 4.68. The lowest BCUT2D eigenvalue weighted by atomic mass is 9.78. The van der Waals surface area contributed by atoms with Gasteiger partial charge in [-0.2, -0.15) is 5.26 Å². The lowest BCUT2D eigenvalue weighted by Gasteiger charge is -2.35. The molecule has 0 aliphatic heterocycles. The van der Waals surface area contributed by atoms with Crippen molar-refractivity contribution in [3.63, 3.8) is 0 Å². The highest BCUT2D eigenvalue weighted by atomic mass is 16.5. The second kappa shape index (κ2) is 7.31. The number of nitrogens with zero attached hydrogens (tertiary/aromatic N) is 1. The van der Waals surface area contributed by atoms with Gasteiger partial charge in [0.2, 0.25) is 0 Å². The van der Waals surface area contributed by atoms with Gasteiger partial charge in [-0.15, -0.1) is 0 Å². The summed E-state index contributed by atoms with van der Waals surface area (Å²) in [7, 11) is 0. The summed E-state index contributed by atoms with van der Waals surface area (Å²) in [6.07, 6.45) is 2.86. The number of hydrogen-bond donors (Lipinski definition) is 1. The van der Waals surface area contributed by atoms with E-state index in [2.05, 4.69) is 25.2 Å². The van der Waals surface area contributed by atoms with E-state index in [1.165, 1.54) is 6.42 Å². The Balaban J connectivity index is 1.93. The van der Waals surface area contributed by atoms with Gasteiger partial charge in [-0.25, -0.2) is 0 Å². The third-order valence-corrected chi connectivity index (χ3v) is 4.68. The van der Waals surface area contributed by atoms with Crippen LogP contribution in [0.25, 0.3) is 0 Å². The Morgan fingerprint density at radius 2 is 2.18 bits per heavy atom. The summed E-state index contributed by atoms with van der Waals surface area (Å²) in [5.74, 6) is 1.59. The van der Waals surface area contributed by atoms with Crippen LogP contribution in [0.3, 0.4) is 0 Å². The van der Waals surface area contributed by atoms with Gasteiger partial charge in [0.25, 0.3) is 5.91 Å². The van der Waals surface area contributed by atoms with Crippen LogP contribution < -0.4 is 10.1 Å². The second-order valence-electron chi connectivity index (χ2n) is 6.28. The van der Waals surface area contributed by atoms with Crippen LogP contribution in [0.2, 0.25) is 0 Å². The average molecular weight is 300 g/mol. The molecular weight excluding hydrogens is 276 g/mol. The molecule has 118 valence electrons. The molecule has 4 nitrogen and oxygen atoms in total. The van der Waals surface area contributed by atoms with Crippen LogP contribution >= 0.6 is 0 Å². The average Bonchev–Trinajstić information content (AvgIpc) is 2.52. The van der Waals surface area contributed by atoms with E-state index in [1.54, 1.807) is 31.2 Å². The minimum atomic E-state index is -0.571. The highest BCUT2D eigenvalue weighted by Gasteiger charge is 2.29. The first-order valence-corrected chi connectivity index (χ1v) is 7.98. The maximum atomic E-state index is 12.3. The minimum Gasteiger partial charge on any atom is -0.481 e. The molecular formula is C18H24N2O2. The predicted octanol–water partition coefficient (Wildman–Crippen LogP) is 3.27. The monoisotopic (exact) mass is 300 g/mol. The van der Waals surface area contributed by atoms with E-state index in [-0.39, 0.29) is 11.9 Å². The van der Waals surface area contributed by atoms with Gasteiger partial charge in [0.15, 0.2) is 6.10 Å². The van der Waals surface area contributed by atoms with Gasteiger partial charge in [0, 0.05) is 6.04 Å². The summed E-state index contributed by atoms with van der Waals surface area (Å²) in [6, 6.07) is 9.17. The molecule has 0 heterocycles. The molecule has 0 radical (unpaired) electrons. The number of nitrogens with one attached hydrogen (secondary N) is 1. The third kappa shape index (κ3) is 4.00. The molecule has 0 bridgehead atoms. The molecule has 0 saturated heterocycles. The van der Waals surface area contributed by atoms with E-state index in [9.17, 15) is 4.79 Å². The molecule has 4 atom stereocenters. The topological polar surface area (TPSA) is 62.1 Å². The van der Waals surface area contributed by atoms with Gasteiger partial charge < -0.3 is 10.1 Å². The zero-order valence-electron chi connectivity index (χ0n) is 13.5. The minimum absolute atomic E-state index is 0.0895. The number of nitriles is 1. The van der Waals surface area contributed by atoms with E-state index in [1.807, 2.05) is 0 Å². The lowest BCUT2D eigenvalue weighted by Crippen LogP contribution is -2.48. The Kier molecular flexibility index (Phi) is 5.43. The number of benzene rings is 1. The fourth-order valence-electron chi connectivity index (χ4n) is 2.98. The number of hydrogen-bond acceptors (Lipinski definition) is 3. The van der Waals surface area contributed by atoms with Crippen LogP contribution in [-0.2, 0) is 4.79 Å². The van der Waals surface area contributed by atoms with Crippen molar-refractivity contribution < 1.29 is 9.53 Å². The molecule has 0 spiro atoms. The van der Waals surface area contributed by atoms with Gasteiger partial charge in [-0.1, -0.05) is 32.8 Å². The Morgan fingerprint density at radius 3 is 2.91 bits per heavy atom. The van der Waals surface area contributed by atoms with Crippen LogP contribution in [0.15, 0.2) is 24.3 Å². The van der Waals surface area contributed by atoms with Crippen LogP contribution in [0.4, 0.5) is 0 Å². The van der Waals surface area contributed by atoms with Crippen molar-refractivity contribution in [1.82, 2.24) is 5.32 Å². The van der Waals surface area contributed by atoms with Gasteiger partial charge in [0.1, 0.15) is 5.75 Å². The molecule has 0 aromatic heterocycles. The van der Waals surface area contributed by atoms with Crippen LogP contribution in [0, 0.1) is 23.2 Å². The fourth-order valence-corrected chi connectivity index (χ4v) is 2.98. The van der Waals surface area contributed by atoms with E-state index in [0.717, 1.165) is 12.8 Å². The standard InChI is InChI=1S/C18H24N2O2/c1-12-6-4-9-17(13(12)2)20-18(21)14(3)22-16-8-5-7-15(10-16)11-19/h5,7-8,10,12-14,17H,4,6,9H2,1-3H3,(H,20,21)/t12-,13-,14-,17+/m0/s1. The maximum Gasteiger partial charge on any atom is 0.261 e. The molecule has 1 aliphatic carbocycles. The van der Waals surface area contributed by atoms with Gasteiger partial charge in [-0.3, -0.25) is 4.79 Å². The first-order valence-electron chi connectivity index (χ1n) is 7.98. The van der Waals surface area contributed by atoms with Gasteiger partial charge in [-0.05, 0) is 43.4 Å². The molecule has 1 N–H and O–H groups in total. The van der Waals surface area contributed by atoms with E-state index in [0.29, 0.717) is 23.1 Å². The first kappa shape index (κ1) is 16.4. The molecule has 1 saturated carbocycles. The van der Waals surface area contributed by atoms with Crippen LogP contribution in [0.5, 0.6) is 5.75 Å². The molecule has 2 rings (SSSR count). The zero-order valence-corrected chi connectivity index (χ0v) is 13.5. The Hall–Kier alpha value is -2.02. The smallest absolute Gasteiger partial charge is 0.261 e. The molecule has 1 amide bonds. The van der Waals surface area contributed by atoms with Crippen molar-refractivity contribution in [2.75, 3.05) is 0 Å². The van der Waals surface area contributed by atoms with Crippen molar-refractivity contribution in [2.45, 2.75) is 52.2 Å². The molecule has 1 aliphatic rings. The fraction of sp³-hybridized carbons (Fsp3) is 0.556. The summed E-state index contributed by atoms with van der Waals surface area (Å²) in [5.41, 5.74) is 0.528. The van der Waals surface area contributed by atoms with E-state index in [4.69, 9.17) is 10.00 Å². The Morgan fingerprint density at radius 1 is 1.41 bits per heavy atom. The summed E-state index contributed by atoms with van der Waals surface area (Å²) >= 11 is 0. The Bertz CT molecular complexity index is 564. The first-order chi connectivity index (χ1) is 10.5. The van der Waals surface area contributed by atoms with Crippen molar-refractivity contribution in [2.24, 2.45) is 11.8 Å². The van der Waals surface area contributed by atoms with Crippen molar-refractivity contribution in [3.05, 3.63) is 29.8 Å². The van der Waals surface area contributed by atoms with Crippen LogP contribution in [0.1, 0.15) is 45.6 Å². The van der Waals surface area contributed by atoms with Crippen molar-refractivity contribution in [1.29, 1.82) is 5.26 Å². The predicted molar refractivity (Wildman–Crippen MR) is 85.4 cm³/mol. The van der Waals surface area contributed by atoms with E-state index < -0.39 is 6.10 Å². The number of carbonyl (C=O) groups excluding carboxylic acids is 1. The van der Waals surface area contributed by atoms with Gasteiger partial charge >= 0.3 is 0 Å². The molecule has 1 aromatic carbocycles. The quantitative estimate of drug-likeness (QED) is 0.928. The molecule has 1 aromatic rings. The SMILES string of the molecule is C[C@H]1[C@@H](C)CCC[C@H]1NC(=O)[C@H](C)Oc1cccc(C#N)c1. The van der Waals surface area contributed by atoms with Crippen LogP contribution in [-0.4, -0.2) is 18.1 Å².